The van der Waals surface area contributed by atoms with E-state index in [9.17, 15) is 0 Å². The van der Waals surface area contributed by atoms with Crippen molar-refractivity contribution < 1.29 is 0 Å². The molecule has 0 aromatic carbocycles. The van der Waals surface area contributed by atoms with Crippen LogP contribution >= 0.6 is 0 Å². The van der Waals surface area contributed by atoms with Crippen LogP contribution < -0.4 is 5.32 Å². The zero-order chi connectivity index (χ0) is 11.5. The van der Waals surface area contributed by atoms with Gasteiger partial charge in [0.15, 0.2) is 0 Å². The van der Waals surface area contributed by atoms with Crippen molar-refractivity contribution in [3.05, 3.63) is 11.1 Å². The summed E-state index contributed by atoms with van der Waals surface area (Å²) in [7, 11) is 2.31. The molecule has 16 heavy (non-hydrogen) atoms. The molecule has 2 heteroatoms. The molecular formula is C14H26N2. The van der Waals surface area contributed by atoms with Gasteiger partial charge >= 0.3 is 0 Å². The average Bonchev–Trinajstić information content (AvgIpc) is 2.15. The Morgan fingerprint density at radius 1 is 1.31 bits per heavy atom. The van der Waals surface area contributed by atoms with Crippen molar-refractivity contribution in [1.29, 1.82) is 0 Å². The molecule has 2 unspecified atom stereocenters. The maximum Gasteiger partial charge on any atom is 0.0193 e. The van der Waals surface area contributed by atoms with Gasteiger partial charge in [0.1, 0.15) is 0 Å². The minimum absolute atomic E-state index is 0.817. The third-order valence-electron chi connectivity index (χ3n) is 4.40. The molecule has 1 saturated carbocycles. The predicted octanol–water partition coefficient (Wildman–Crippen LogP) is 2.42. The van der Waals surface area contributed by atoms with Crippen LogP contribution in [-0.4, -0.2) is 37.6 Å². The largest absolute Gasteiger partial charge is 0.309 e. The molecule has 2 aliphatic rings. The summed E-state index contributed by atoms with van der Waals surface area (Å²) < 4.78 is 0. The van der Waals surface area contributed by atoms with Crippen molar-refractivity contribution in [2.45, 2.75) is 45.6 Å². The molecule has 1 N–H and O–H groups in total. The second-order valence-corrected chi connectivity index (χ2v) is 5.73. The van der Waals surface area contributed by atoms with Crippen LogP contribution in [0.4, 0.5) is 0 Å². The third kappa shape index (κ3) is 2.67. The van der Waals surface area contributed by atoms with Gasteiger partial charge in [0, 0.05) is 25.7 Å². The van der Waals surface area contributed by atoms with E-state index in [-0.39, 0.29) is 0 Å². The average molecular weight is 222 g/mol. The van der Waals surface area contributed by atoms with Crippen molar-refractivity contribution in [2.75, 3.05) is 26.7 Å². The number of hydrogen-bond acceptors (Lipinski definition) is 2. The highest BCUT2D eigenvalue weighted by molar-refractivity contribution is 5.22. The Bertz CT molecular complexity index is 264. The molecule has 2 atom stereocenters. The minimum atomic E-state index is 0.817. The molecule has 0 aromatic heterocycles. The van der Waals surface area contributed by atoms with Gasteiger partial charge in [0.05, 0.1) is 0 Å². The van der Waals surface area contributed by atoms with Gasteiger partial charge in [-0.25, -0.2) is 0 Å². The van der Waals surface area contributed by atoms with Crippen LogP contribution in [0.15, 0.2) is 11.1 Å². The molecule has 0 aromatic rings. The first-order chi connectivity index (χ1) is 7.68. The van der Waals surface area contributed by atoms with Crippen molar-refractivity contribution >= 4 is 0 Å². The lowest BCUT2D eigenvalue weighted by Gasteiger charge is -2.37. The molecule has 1 heterocycles. The zero-order valence-corrected chi connectivity index (χ0v) is 11.1. The van der Waals surface area contributed by atoms with Gasteiger partial charge in [-0.3, -0.25) is 4.90 Å². The Labute approximate surface area is 100 Å². The summed E-state index contributed by atoms with van der Waals surface area (Å²) in [5, 5.41) is 3.33. The van der Waals surface area contributed by atoms with Gasteiger partial charge in [0.25, 0.3) is 0 Å². The van der Waals surface area contributed by atoms with E-state index in [0.29, 0.717) is 0 Å². The molecule has 1 aliphatic carbocycles. The van der Waals surface area contributed by atoms with Crippen LogP contribution in [0, 0.1) is 5.92 Å². The lowest BCUT2D eigenvalue weighted by atomic mass is 9.85. The monoisotopic (exact) mass is 222 g/mol. The quantitative estimate of drug-likeness (QED) is 0.738. The van der Waals surface area contributed by atoms with Crippen LogP contribution in [0.1, 0.15) is 39.5 Å². The predicted molar refractivity (Wildman–Crippen MR) is 69.6 cm³/mol. The van der Waals surface area contributed by atoms with Crippen molar-refractivity contribution in [3.8, 4) is 0 Å². The van der Waals surface area contributed by atoms with Crippen molar-refractivity contribution in [1.82, 2.24) is 10.2 Å². The molecule has 2 rings (SSSR count). The van der Waals surface area contributed by atoms with E-state index in [4.69, 9.17) is 0 Å². The number of rotatable bonds is 3. The van der Waals surface area contributed by atoms with E-state index in [1.807, 2.05) is 0 Å². The topological polar surface area (TPSA) is 15.3 Å². The summed E-state index contributed by atoms with van der Waals surface area (Å²) >= 11 is 0. The van der Waals surface area contributed by atoms with Gasteiger partial charge in [-0.15, -0.1) is 0 Å². The fourth-order valence-corrected chi connectivity index (χ4v) is 3.11. The molecule has 0 bridgehead atoms. The van der Waals surface area contributed by atoms with E-state index in [0.717, 1.165) is 25.0 Å². The Morgan fingerprint density at radius 3 is 2.56 bits per heavy atom. The van der Waals surface area contributed by atoms with Crippen LogP contribution in [0.25, 0.3) is 0 Å². The van der Waals surface area contributed by atoms with Gasteiger partial charge in [-0.05, 0) is 38.3 Å². The van der Waals surface area contributed by atoms with Gasteiger partial charge in [-0.2, -0.15) is 0 Å². The minimum Gasteiger partial charge on any atom is -0.309 e. The van der Waals surface area contributed by atoms with Gasteiger partial charge in [-0.1, -0.05) is 25.3 Å². The van der Waals surface area contributed by atoms with Crippen LogP contribution in [0.5, 0.6) is 0 Å². The van der Waals surface area contributed by atoms with Crippen molar-refractivity contribution in [2.24, 2.45) is 5.92 Å². The maximum atomic E-state index is 3.33. The fraction of sp³-hybridized carbons (Fsp3) is 0.857. The van der Waals surface area contributed by atoms with E-state index < -0.39 is 0 Å². The molecule has 0 spiro atoms. The van der Waals surface area contributed by atoms with Crippen LogP contribution in [0.2, 0.25) is 0 Å². The van der Waals surface area contributed by atoms with E-state index in [1.54, 1.807) is 11.1 Å². The molecule has 0 amide bonds. The van der Waals surface area contributed by atoms with E-state index in [2.05, 4.69) is 31.1 Å². The number of nitrogens with zero attached hydrogens (tertiary/aromatic N) is 1. The Balaban J connectivity index is 1.88. The highest BCUT2D eigenvalue weighted by Gasteiger charge is 2.25. The summed E-state index contributed by atoms with van der Waals surface area (Å²) in [6, 6.07) is 0.817. The van der Waals surface area contributed by atoms with Crippen molar-refractivity contribution in [3.63, 3.8) is 0 Å². The lowest BCUT2D eigenvalue weighted by molar-refractivity contribution is 0.149. The first kappa shape index (κ1) is 12.1. The van der Waals surface area contributed by atoms with E-state index >= 15 is 0 Å². The normalized spacial score (nSPS) is 30.4. The SMILES string of the molecule is CC(CN(C)C1CCCCC1C)=C1CNC1. The molecular weight excluding hydrogens is 196 g/mol. The van der Waals surface area contributed by atoms with Crippen LogP contribution in [-0.2, 0) is 0 Å². The van der Waals surface area contributed by atoms with E-state index in [1.165, 1.54) is 32.2 Å². The molecule has 92 valence electrons. The lowest BCUT2D eigenvalue weighted by Crippen LogP contribution is -2.41. The number of hydrogen-bond donors (Lipinski definition) is 1. The molecule has 1 saturated heterocycles. The Kier molecular flexibility index (Phi) is 4.04. The second-order valence-electron chi connectivity index (χ2n) is 5.73. The zero-order valence-electron chi connectivity index (χ0n) is 11.1. The summed E-state index contributed by atoms with van der Waals surface area (Å²) in [4.78, 5) is 2.59. The molecule has 1 aliphatic heterocycles. The molecule has 0 radical (unpaired) electrons. The third-order valence-corrected chi connectivity index (χ3v) is 4.40. The summed E-state index contributed by atoms with van der Waals surface area (Å²) in [6.07, 6.45) is 5.69. The van der Waals surface area contributed by atoms with Gasteiger partial charge in [0.2, 0.25) is 0 Å². The highest BCUT2D eigenvalue weighted by atomic mass is 15.1. The highest BCUT2D eigenvalue weighted by Crippen LogP contribution is 2.28. The maximum absolute atomic E-state index is 3.33. The summed E-state index contributed by atoms with van der Waals surface area (Å²) in [6.45, 7) is 8.15. The number of likely N-dealkylation sites (N-methyl/N-ethyl adjacent to an activating group) is 1. The standard InChI is InChI=1S/C14H26N2/c1-11-6-4-5-7-14(11)16(3)10-12(2)13-8-15-9-13/h11,14-15H,4-10H2,1-3H3. The number of nitrogens with one attached hydrogen (secondary N) is 1. The van der Waals surface area contributed by atoms with Gasteiger partial charge < -0.3 is 5.32 Å². The van der Waals surface area contributed by atoms with Crippen LogP contribution in [0.3, 0.4) is 0 Å². The first-order valence-electron chi connectivity index (χ1n) is 6.77. The molecule has 2 nitrogen and oxygen atoms in total. The fourth-order valence-electron chi connectivity index (χ4n) is 3.11. The summed E-state index contributed by atoms with van der Waals surface area (Å²) in [5.41, 5.74) is 3.23. The molecule has 2 fully saturated rings. The summed E-state index contributed by atoms with van der Waals surface area (Å²) in [5.74, 6) is 0.885. The smallest absolute Gasteiger partial charge is 0.0193 e. The first-order valence-corrected chi connectivity index (χ1v) is 6.77. The second kappa shape index (κ2) is 5.33. The Morgan fingerprint density at radius 2 is 2.00 bits per heavy atom. The Hall–Kier alpha value is -0.340.